The number of aliphatic hydroxyl groups is 1. The first kappa shape index (κ1) is 18.3. The SMILES string of the molecule is CCOC(C)(C)[C@H](O)Cc1c(OC)cc(OC)c2ccc(=O)oc12. The maximum absolute atomic E-state index is 11.7. The van der Waals surface area contributed by atoms with Crippen molar-refractivity contribution in [1.29, 1.82) is 0 Å². The highest BCUT2D eigenvalue weighted by Gasteiger charge is 2.30. The topological polar surface area (TPSA) is 78.1 Å². The van der Waals surface area contributed by atoms with Crippen LogP contribution in [-0.2, 0) is 11.2 Å². The maximum Gasteiger partial charge on any atom is 0.336 e. The highest BCUT2D eigenvalue weighted by Crippen LogP contribution is 2.36. The number of benzene rings is 1. The van der Waals surface area contributed by atoms with Crippen molar-refractivity contribution in [2.45, 2.75) is 38.9 Å². The van der Waals surface area contributed by atoms with Crippen molar-refractivity contribution in [2.24, 2.45) is 0 Å². The van der Waals surface area contributed by atoms with Gasteiger partial charge in [-0.1, -0.05) is 0 Å². The number of rotatable bonds is 7. The van der Waals surface area contributed by atoms with Gasteiger partial charge in [0.1, 0.15) is 17.1 Å². The minimum atomic E-state index is -0.812. The van der Waals surface area contributed by atoms with Crippen molar-refractivity contribution in [1.82, 2.24) is 0 Å². The van der Waals surface area contributed by atoms with Crippen LogP contribution < -0.4 is 15.1 Å². The standard InChI is InChI=1S/C18H24O6/c1-6-23-18(2,3)15(19)9-12-14(22-5)10-13(21-4)11-7-8-16(20)24-17(11)12/h7-8,10,15,19H,6,9H2,1-5H3/t15-/m1/s1. The van der Waals surface area contributed by atoms with Crippen molar-refractivity contribution in [3.05, 3.63) is 34.2 Å². The summed E-state index contributed by atoms with van der Waals surface area (Å²) >= 11 is 0. The molecule has 0 fully saturated rings. The second-order valence-corrected chi connectivity index (χ2v) is 6.01. The van der Waals surface area contributed by atoms with Gasteiger partial charge < -0.3 is 23.7 Å². The Bertz CT molecular complexity index is 762. The highest BCUT2D eigenvalue weighted by molar-refractivity contribution is 5.88. The summed E-state index contributed by atoms with van der Waals surface area (Å²) in [5.74, 6) is 1.02. The van der Waals surface area contributed by atoms with E-state index in [1.807, 2.05) is 20.8 Å². The molecule has 1 aromatic heterocycles. The molecule has 0 amide bonds. The predicted octanol–water partition coefficient (Wildman–Crippen LogP) is 2.53. The first-order valence-corrected chi connectivity index (χ1v) is 7.83. The van der Waals surface area contributed by atoms with E-state index < -0.39 is 17.3 Å². The molecule has 0 saturated carbocycles. The van der Waals surface area contributed by atoms with Gasteiger partial charge in [-0.05, 0) is 26.8 Å². The first-order chi connectivity index (χ1) is 11.3. The maximum atomic E-state index is 11.7. The molecule has 2 rings (SSSR count). The number of hydrogen-bond acceptors (Lipinski definition) is 6. The van der Waals surface area contributed by atoms with Crippen LogP contribution in [0.2, 0.25) is 0 Å². The Hall–Kier alpha value is -2.05. The third kappa shape index (κ3) is 3.55. The zero-order valence-electron chi connectivity index (χ0n) is 14.7. The van der Waals surface area contributed by atoms with Gasteiger partial charge >= 0.3 is 5.63 Å². The molecule has 6 heteroatoms. The van der Waals surface area contributed by atoms with Gasteiger partial charge in [0.05, 0.1) is 31.3 Å². The summed E-state index contributed by atoms with van der Waals surface area (Å²) in [5, 5.41) is 11.3. The fraction of sp³-hybridized carbons (Fsp3) is 0.500. The normalized spacial score (nSPS) is 13.1. The summed E-state index contributed by atoms with van der Waals surface area (Å²) in [4.78, 5) is 11.7. The lowest BCUT2D eigenvalue weighted by Crippen LogP contribution is -2.40. The molecule has 0 spiro atoms. The van der Waals surface area contributed by atoms with Crippen molar-refractivity contribution in [3.63, 3.8) is 0 Å². The Morgan fingerprint density at radius 3 is 2.46 bits per heavy atom. The molecule has 1 heterocycles. The fourth-order valence-corrected chi connectivity index (χ4v) is 2.68. The third-order valence-electron chi connectivity index (χ3n) is 4.09. The first-order valence-electron chi connectivity index (χ1n) is 7.83. The van der Waals surface area contributed by atoms with E-state index in [4.69, 9.17) is 18.6 Å². The summed E-state index contributed by atoms with van der Waals surface area (Å²) in [6.07, 6.45) is -0.600. The Morgan fingerprint density at radius 2 is 1.88 bits per heavy atom. The van der Waals surface area contributed by atoms with E-state index in [1.54, 1.807) is 12.1 Å². The molecule has 0 saturated heterocycles. The molecule has 0 bridgehead atoms. The minimum Gasteiger partial charge on any atom is -0.496 e. The fourth-order valence-electron chi connectivity index (χ4n) is 2.68. The lowest BCUT2D eigenvalue weighted by molar-refractivity contribution is -0.0955. The van der Waals surface area contributed by atoms with Crippen molar-refractivity contribution < 1.29 is 23.7 Å². The summed E-state index contributed by atoms with van der Waals surface area (Å²) in [6.45, 7) is 5.99. The van der Waals surface area contributed by atoms with E-state index in [-0.39, 0.29) is 6.42 Å². The molecule has 1 aromatic carbocycles. The van der Waals surface area contributed by atoms with E-state index in [0.717, 1.165) is 0 Å². The van der Waals surface area contributed by atoms with Gasteiger partial charge in [0.25, 0.3) is 0 Å². The van der Waals surface area contributed by atoms with Crippen LogP contribution in [0.15, 0.2) is 27.4 Å². The van der Waals surface area contributed by atoms with Gasteiger partial charge in [0, 0.05) is 30.7 Å². The Kier molecular flexibility index (Phi) is 5.51. The zero-order chi connectivity index (χ0) is 17.9. The number of hydrogen-bond donors (Lipinski definition) is 1. The molecular formula is C18H24O6. The van der Waals surface area contributed by atoms with Crippen LogP contribution in [0.1, 0.15) is 26.3 Å². The summed E-state index contributed by atoms with van der Waals surface area (Å²) in [7, 11) is 3.05. The smallest absolute Gasteiger partial charge is 0.336 e. The van der Waals surface area contributed by atoms with Crippen LogP contribution in [-0.4, -0.2) is 37.6 Å². The monoisotopic (exact) mass is 336 g/mol. The van der Waals surface area contributed by atoms with Gasteiger partial charge in [0.15, 0.2) is 0 Å². The summed E-state index contributed by atoms with van der Waals surface area (Å²) in [6, 6.07) is 4.70. The molecule has 132 valence electrons. The molecule has 1 atom stereocenters. The van der Waals surface area contributed by atoms with Crippen LogP contribution >= 0.6 is 0 Å². The number of fused-ring (bicyclic) bond motifs is 1. The van der Waals surface area contributed by atoms with Gasteiger partial charge in [-0.25, -0.2) is 4.79 Å². The average molecular weight is 336 g/mol. The summed E-state index contributed by atoms with van der Waals surface area (Å²) in [5.41, 5.74) is -0.268. The largest absolute Gasteiger partial charge is 0.496 e. The van der Waals surface area contributed by atoms with E-state index >= 15 is 0 Å². The average Bonchev–Trinajstić information content (AvgIpc) is 2.54. The van der Waals surface area contributed by atoms with Crippen LogP contribution in [0.4, 0.5) is 0 Å². The molecule has 6 nitrogen and oxygen atoms in total. The molecule has 24 heavy (non-hydrogen) atoms. The van der Waals surface area contributed by atoms with Gasteiger partial charge in [-0.15, -0.1) is 0 Å². The van der Waals surface area contributed by atoms with Crippen LogP contribution in [0.5, 0.6) is 11.5 Å². The van der Waals surface area contributed by atoms with E-state index in [1.165, 1.54) is 20.3 Å². The Morgan fingerprint density at radius 1 is 1.21 bits per heavy atom. The second kappa shape index (κ2) is 7.23. The van der Waals surface area contributed by atoms with Gasteiger partial charge in [-0.2, -0.15) is 0 Å². The lowest BCUT2D eigenvalue weighted by Gasteiger charge is -2.31. The quantitative estimate of drug-likeness (QED) is 0.783. The minimum absolute atomic E-state index is 0.212. The van der Waals surface area contributed by atoms with E-state index in [2.05, 4.69) is 0 Å². The Balaban J connectivity index is 2.60. The summed E-state index contributed by atoms with van der Waals surface area (Å²) < 4.78 is 21.8. The van der Waals surface area contributed by atoms with Crippen LogP contribution in [0, 0.1) is 0 Å². The van der Waals surface area contributed by atoms with E-state index in [9.17, 15) is 9.90 Å². The van der Waals surface area contributed by atoms with E-state index in [0.29, 0.717) is 34.6 Å². The lowest BCUT2D eigenvalue weighted by atomic mass is 9.93. The zero-order valence-corrected chi connectivity index (χ0v) is 14.7. The van der Waals surface area contributed by atoms with Crippen molar-refractivity contribution in [3.8, 4) is 11.5 Å². The van der Waals surface area contributed by atoms with Gasteiger partial charge in [-0.3, -0.25) is 0 Å². The van der Waals surface area contributed by atoms with Crippen molar-refractivity contribution >= 4 is 11.0 Å². The molecule has 0 radical (unpaired) electrons. The van der Waals surface area contributed by atoms with Crippen LogP contribution in [0.3, 0.4) is 0 Å². The molecule has 1 N–H and O–H groups in total. The Labute approximate surface area is 140 Å². The number of ether oxygens (including phenoxy) is 3. The number of methoxy groups -OCH3 is 2. The molecular weight excluding hydrogens is 312 g/mol. The van der Waals surface area contributed by atoms with Crippen LogP contribution in [0.25, 0.3) is 11.0 Å². The van der Waals surface area contributed by atoms with Crippen molar-refractivity contribution in [2.75, 3.05) is 20.8 Å². The molecule has 2 aromatic rings. The number of aliphatic hydroxyl groups excluding tert-OH is 1. The molecule has 0 aliphatic heterocycles. The molecule has 0 aliphatic rings. The highest BCUT2D eigenvalue weighted by atomic mass is 16.5. The molecule has 0 aliphatic carbocycles. The molecule has 0 unspecified atom stereocenters. The third-order valence-corrected chi connectivity index (χ3v) is 4.09. The van der Waals surface area contributed by atoms with Gasteiger partial charge in [0.2, 0.25) is 0 Å². The second-order valence-electron chi connectivity index (χ2n) is 6.01. The predicted molar refractivity (Wildman–Crippen MR) is 91.0 cm³/mol.